The van der Waals surface area contributed by atoms with E-state index < -0.39 is 0 Å². The second-order valence-corrected chi connectivity index (χ2v) is 5.32. The molecule has 0 aromatic heterocycles. The van der Waals surface area contributed by atoms with Gasteiger partial charge in [0.05, 0.1) is 0 Å². The van der Waals surface area contributed by atoms with E-state index in [2.05, 4.69) is 5.32 Å². The van der Waals surface area contributed by atoms with Gasteiger partial charge < -0.3 is 15.5 Å². The van der Waals surface area contributed by atoms with Crippen molar-refractivity contribution in [3.05, 3.63) is 29.3 Å². The summed E-state index contributed by atoms with van der Waals surface area (Å²) in [6.45, 7) is 6.35. The van der Waals surface area contributed by atoms with Crippen molar-refractivity contribution in [3.8, 4) is 5.75 Å². The molecule has 0 aliphatic carbocycles. The van der Waals surface area contributed by atoms with Gasteiger partial charge in [0.2, 0.25) is 0 Å². The van der Waals surface area contributed by atoms with Gasteiger partial charge in [-0.15, -0.1) is 0 Å². The van der Waals surface area contributed by atoms with Crippen molar-refractivity contribution < 1.29 is 15.0 Å². The van der Waals surface area contributed by atoms with Gasteiger partial charge in [-0.1, -0.05) is 13.8 Å². The summed E-state index contributed by atoms with van der Waals surface area (Å²) < 4.78 is 0. The summed E-state index contributed by atoms with van der Waals surface area (Å²) in [5, 5.41) is 21.1. The molecule has 1 amide bonds. The summed E-state index contributed by atoms with van der Waals surface area (Å²) in [6, 6.07) is 4.77. The second-order valence-electron chi connectivity index (χ2n) is 5.32. The number of carbonyl (C=O) groups excluding carboxylic acids is 1. The summed E-state index contributed by atoms with van der Waals surface area (Å²) in [5.74, 6) is 0.0243. The number of aromatic hydroxyl groups is 1. The molecule has 0 atom stereocenters. The molecule has 4 nitrogen and oxygen atoms in total. The maximum absolute atomic E-state index is 11.9. The lowest BCUT2D eigenvalue weighted by atomic mass is 9.89. The number of aryl methyl sites for hydroxylation is 1. The molecule has 0 aliphatic heterocycles. The maximum atomic E-state index is 11.9. The van der Waals surface area contributed by atoms with Gasteiger partial charge in [-0.05, 0) is 42.5 Å². The minimum atomic E-state index is -0.163. The lowest BCUT2D eigenvalue weighted by Gasteiger charge is -2.23. The first-order valence-electron chi connectivity index (χ1n) is 6.04. The first-order valence-corrected chi connectivity index (χ1v) is 6.04. The van der Waals surface area contributed by atoms with Gasteiger partial charge >= 0.3 is 0 Å². The molecule has 4 heteroatoms. The smallest absolute Gasteiger partial charge is 0.251 e. The van der Waals surface area contributed by atoms with Crippen molar-refractivity contribution in [3.63, 3.8) is 0 Å². The van der Waals surface area contributed by atoms with Crippen molar-refractivity contribution in [2.45, 2.75) is 27.2 Å². The highest BCUT2D eigenvalue weighted by Gasteiger charge is 2.18. The Morgan fingerprint density at radius 1 is 1.39 bits per heavy atom. The number of nitrogens with one attached hydrogen (secondary N) is 1. The Morgan fingerprint density at radius 3 is 2.61 bits per heavy atom. The zero-order chi connectivity index (χ0) is 13.8. The number of carbonyl (C=O) groups is 1. The van der Waals surface area contributed by atoms with Gasteiger partial charge in [-0.2, -0.15) is 0 Å². The first-order chi connectivity index (χ1) is 8.35. The van der Waals surface area contributed by atoms with Crippen LogP contribution in [0.1, 0.15) is 36.2 Å². The Balaban J connectivity index is 2.63. The lowest BCUT2D eigenvalue weighted by molar-refractivity contribution is 0.0928. The Morgan fingerprint density at radius 2 is 2.06 bits per heavy atom. The maximum Gasteiger partial charge on any atom is 0.251 e. The average molecular weight is 251 g/mol. The van der Waals surface area contributed by atoms with Crippen LogP contribution in [0.25, 0.3) is 0 Å². The van der Waals surface area contributed by atoms with Crippen LogP contribution in [0.5, 0.6) is 5.75 Å². The molecule has 0 saturated carbocycles. The minimum Gasteiger partial charge on any atom is -0.508 e. The normalized spacial score (nSPS) is 11.3. The van der Waals surface area contributed by atoms with Crippen molar-refractivity contribution in [1.29, 1.82) is 0 Å². The van der Waals surface area contributed by atoms with E-state index in [0.717, 1.165) is 0 Å². The number of phenols is 1. The number of hydrogen-bond donors (Lipinski definition) is 3. The highest BCUT2D eigenvalue weighted by atomic mass is 16.3. The molecule has 0 bridgehead atoms. The SMILES string of the molecule is Cc1cc(C(=O)NCC(C)(C)CCO)ccc1O. The number of hydrogen-bond acceptors (Lipinski definition) is 3. The van der Waals surface area contributed by atoms with E-state index in [1.165, 1.54) is 6.07 Å². The quantitative estimate of drug-likeness (QED) is 0.748. The molecule has 3 N–H and O–H groups in total. The van der Waals surface area contributed by atoms with Crippen molar-refractivity contribution in [2.24, 2.45) is 5.41 Å². The third kappa shape index (κ3) is 4.04. The number of rotatable bonds is 5. The van der Waals surface area contributed by atoms with Crippen LogP contribution in [-0.2, 0) is 0 Å². The van der Waals surface area contributed by atoms with E-state index >= 15 is 0 Å². The van der Waals surface area contributed by atoms with Crippen LogP contribution >= 0.6 is 0 Å². The van der Waals surface area contributed by atoms with E-state index in [-0.39, 0.29) is 23.7 Å². The summed E-state index contributed by atoms with van der Waals surface area (Å²) in [7, 11) is 0. The molecule has 0 saturated heterocycles. The molecule has 0 aliphatic rings. The molecule has 100 valence electrons. The molecule has 0 unspecified atom stereocenters. The van der Waals surface area contributed by atoms with Gasteiger partial charge in [0.25, 0.3) is 5.91 Å². The molecule has 0 radical (unpaired) electrons. The summed E-state index contributed by atoms with van der Waals surface area (Å²) in [4.78, 5) is 11.9. The number of aliphatic hydroxyl groups is 1. The topological polar surface area (TPSA) is 69.6 Å². The first kappa shape index (κ1) is 14.5. The number of aliphatic hydroxyl groups excluding tert-OH is 1. The molecule has 0 heterocycles. The Bertz CT molecular complexity index is 427. The van der Waals surface area contributed by atoms with Crippen LogP contribution in [-0.4, -0.2) is 29.3 Å². The molecule has 1 rings (SSSR count). The fraction of sp³-hybridized carbons (Fsp3) is 0.500. The predicted molar refractivity (Wildman–Crippen MR) is 70.7 cm³/mol. The van der Waals surface area contributed by atoms with Gasteiger partial charge in [0, 0.05) is 18.7 Å². The summed E-state index contributed by atoms with van der Waals surface area (Å²) in [6.07, 6.45) is 0.641. The van der Waals surface area contributed by atoms with Crippen LogP contribution in [0.2, 0.25) is 0 Å². The molecular weight excluding hydrogens is 230 g/mol. The van der Waals surface area contributed by atoms with E-state index in [9.17, 15) is 9.90 Å². The van der Waals surface area contributed by atoms with Crippen LogP contribution in [0.15, 0.2) is 18.2 Å². The third-order valence-corrected chi connectivity index (χ3v) is 2.98. The van der Waals surface area contributed by atoms with Gasteiger partial charge in [0.1, 0.15) is 5.75 Å². The van der Waals surface area contributed by atoms with Gasteiger partial charge in [-0.25, -0.2) is 0 Å². The van der Waals surface area contributed by atoms with Crippen LogP contribution in [0.3, 0.4) is 0 Å². The molecule has 18 heavy (non-hydrogen) atoms. The highest BCUT2D eigenvalue weighted by Crippen LogP contribution is 2.19. The number of benzene rings is 1. The molecule has 1 aromatic carbocycles. The van der Waals surface area contributed by atoms with Gasteiger partial charge in [-0.3, -0.25) is 4.79 Å². The average Bonchev–Trinajstić information content (AvgIpc) is 2.30. The minimum absolute atomic E-state index is 0.112. The van der Waals surface area contributed by atoms with Crippen LogP contribution < -0.4 is 5.32 Å². The zero-order valence-corrected chi connectivity index (χ0v) is 11.2. The molecule has 0 spiro atoms. The Kier molecular flexibility index (Phi) is 4.73. The highest BCUT2D eigenvalue weighted by molar-refractivity contribution is 5.94. The zero-order valence-electron chi connectivity index (χ0n) is 11.2. The third-order valence-electron chi connectivity index (χ3n) is 2.98. The second kappa shape index (κ2) is 5.87. The Labute approximate surface area is 108 Å². The summed E-state index contributed by atoms with van der Waals surface area (Å²) in [5.41, 5.74) is 1.08. The molecule has 1 aromatic rings. The van der Waals surface area contributed by atoms with Crippen LogP contribution in [0.4, 0.5) is 0 Å². The standard InChI is InChI=1S/C14H21NO3/c1-10-8-11(4-5-12(10)17)13(18)15-9-14(2,3)6-7-16/h4-5,8,16-17H,6-7,9H2,1-3H3,(H,15,18). The number of phenolic OH excluding ortho intramolecular Hbond substituents is 1. The van der Waals surface area contributed by atoms with Gasteiger partial charge in [0.15, 0.2) is 0 Å². The molecule has 0 fully saturated rings. The van der Waals surface area contributed by atoms with Crippen molar-refractivity contribution in [2.75, 3.05) is 13.2 Å². The number of amides is 1. The monoisotopic (exact) mass is 251 g/mol. The van der Waals surface area contributed by atoms with E-state index in [0.29, 0.717) is 24.1 Å². The van der Waals surface area contributed by atoms with Crippen LogP contribution in [0, 0.1) is 12.3 Å². The van der Waals surface area contributed by atoms with E-state index in [4.69, 9.17) is 5.11 Å². The predicted octanol–water partition coefficient (Wildman–Crippen LogP) is 1.84. The lowest BCUT2D eigenvalue weighted by Crippen LogP contribution is -2.34. The van der Waals surface area contributed by atoms with Crippen molar-refractivity contribution >= 4 is 5.91 Å². The summed E-state index contributed by atoms with van der Waals surface area (Å²) >= 11 is 0. The fourth-order valence-corrected chi connectivity index (χ4v) is 1.61. The fourth-order valence-electron chi connectivity index (χ4n) is 1.61. The van der Waals surface area contributed by atoms with Crippen molar-refractivity contribution in [1.82, 2.24) is 5.32 Å². The largest absolute Gasteiger partial charge is 0.508 e. The Hall–Kier alpha value is -1.55. The van der Waals surface area contributed by atoms with E-state index in [1.54, 1.807) is 19.1 Å². The molecular formula is C14H21NO3. The van der Waals surface area contributed by atoms with E-state index in [1.807, 2.05) is 13.8 Å².